The van der Waals surface area contributed by atoms with E-state index in [-0.39, 0.29) is 0 Å². The van der Waals surface area contributed by atoms with Gasteiger partial charge in [0.05, 0.1) is 34.6 Å². The lowest BCUT2D eigenvalue weighted by Gasteiger charge is -2.00. The first kappa shape index (κ1) is 23.6. The van der Waals surface area contributed by atoms with Gasteiger partial charge in [0.1, 0.15) is 16.4 Å². The van der Waals surface area contributed by atoms with Gasteiger partial charge in [-0.15, -0.1) is 16.4 Å². The number of aromatic nitrogens is 6. The van der Waals surface area contributed by atoms with Crippen LogP contribution in [0.15, 0.2) is 91.3 Å². The molecule has 3 heterocycles. The van der Waals surface area contributed by atoms with Crippen LogP contribution in [-0.2, 0) is 6.54 Å². The summed E-state index contributed by atoms with van der Waals surface area (Å²) in [5.74, 6) is 0. The Morgan fingerprint density at radius 1 is 0.838 bits per heavy atom. The molecule has 6 rings (SSSR count). The number of benzene rings is 3. The molecule has 37 heavy (non-hydrogen) atoms. The summed E-state index contributed by atoms with van der Waals surface area (Å²) in [6.45, 7) is 2.60. The number of rotatable bonds is 6. The monoisotopic (exact) mass is 542 g/mol. The molecule has 3 aromatic heterocycles. The molecular formula is C28H20Cl2N6S. The average Bonchev–Trinajstić information content (AvgIpc) is 3.65. The van der Waals surface area contributed by atoms with E-state index >= 15 is 0 Å². The predicted molar refractivity (Wildman–Crippen MR) is 149 cm³/mol. The van der Waals surface area contributed by atoms with Crippen LogP contribution in [0.4, 0.5) is 0 Å². The highest BCUT2D eigenvalue weighted by Gasteiger charge is 2.22. The Kier molecular flexibility index (Phi) is 6.34. The highest BCUT2D eigenvalue weighted by Crippen LogP contribution is 2.39. The van der Waals surface area contributed by atoms with E-state index in [0.717, 1.165) is 49.3 Å². The van der Waals surface area contributed by atoms with Crippen LogP contribution >= 0.6 is 34.5 Å². The van der Waals surface area contributed by atoms with Crippen molar-refractivity contribution in [3.63, 3.8) is 0 Å². The van der Waals surface area contributed by atoms with Gasteiger partial charge < -0.3 is 0 Å². The zero-order valence-corrected chi connectivity index (χ0v) is 22.0. The van der Waals surface area contributed by atoms with E-state index in [1.54, 1.807) is 11.3 Å². The lowest BCUT2D eigenvalue weighted by molar-refractivity contribution is 0.650. The number of aryl methyl sites for hydroxylation is 1. The van der Waals surface area contributed by atoms with Crippen LogP contribution in [0.1, 0.15) is 11.3 Å². The summed E-state index contributed by atoms with van der Waals surface area (Å²) in [7, 11) is 0. The van der Waals surface area contributed by atoms with E-state index in [0.29, 0.717) is 16.6 Å². The second-order valence-electron chi connectivity index (χ2n) is 8.54. The average molecular weight is 543 g/mol. The number of thiazole rings is 1. The Bertz CT molecular complexity index is 1670. The molecule has 0 bridgehead atoms. The maximum absolute atomic E-state index is 6.09. The van der Waals surface area contributed by atoms with Gasteiger partial charge in [-0.2, -0.15) is 5.10 Å². The van der Waals surface area contributed by atoms with E-state index in [1.165, 1.54) is 0 Å². The van der Waals surface area contributed by atoms with Gasteiger partial charge in [-0.25, -0.2) is 14.3 Å². The summed E-state index contributed by atoms with van der Waals surface area (Å²) < 4.78 is 3.70. The summed E-state index contributed by atoms with van der Waals surface area (Å²) in [6.07, 6.45) is 3.95. The van der Waals surface area contributed by atoms with Crippen LogP contribution in [-0.4, -0.2) is 29.8 Å². The van der Waals surface area contributed by atoms with E-state index < -0.39 is 0 Å². The Balaban J connectivity index is 1.42. The van der Waals surface area contributed by atoms with Crippen molar-refractivity contribution >= 4 is 34.5 Å². The van der Waals surface area contributed by atoms with Crippen molar-refractivity contribution in [2.75, 3.05) is 0 Å². The van der Waals surface area contributed by atoms with Crippen molar-refractivity contribution in [3.05, 3.63) is 113 Å². The highest BCUT2D eigenvalue weighted by molar-refractivity contribution is 7.18. The third-order valence-corrected chi connectivity index (χ3v) is 7.63. The fourth-order valence-electron chi connectivity index (χ4n) is 4.05. The predicted octanol–water partition coefficient (Wildman–Crippen LogP) is 7.58. The zero-order chi connectivity index (χ0) is 25.4. The van der Waals surface area contributed by atoms with Crippen molar-refractivity contribution in [1.29, 1.82) is 0 Å². The molecular weight excluding hydrogens is 523 g/mol. The van der Waals surface area contributed by atoms with Crippen molar-refractivity contribution in [3.8, 4) is 38.1 Å². The number of halogens is 2. The summed E-state index contributed by atoms with van der Waals surface area (Å²) in [5.41, 5.74) is 6.42. The van der Waals surface area contributed by atoms with Crippen LogP contribution in [0.5, 0.6) is 0 Å². The maximum Gasteiger partial charge on any atom is 0.124 e. The minimum atomic E-state index is 0.590. The number of hydrogen-bond donors (Lipinski definition) is 0. The number of para-hydroxylation sites is 1. The van der Waals surface area contributed by atoms with Crippen LogP contribution < -0.4 is 0 Å². The van der Waals surface area contributed by atoms with Crippen molar-refractivity contribution in [2.24, 2.45) is 0 Å². The zero-order valence-electron chi connectivity index (χ0n) is 19.7. The van der Waals surface area contributed by atoms with E-state index in [9.17, 15) is 0 Å². The molecule has 0 atom stereocenters. The first-order valence-corrected chi connectivity index (χ1v) is 13.1. The molecule has 6 nitrogen and oxygen atoms in total. The second-order valence-corrected chi connectivity index (χ2v) is 10.4. The molecule has 0 radical (unpaired) electrons. The molecule has 0 spiro atoms. The Labute approximate surface area is 227 Å². The molecule has 0 amide bonds. The standard InChI is InChI=1S/C28H20Cl2N6S/c1-18-27(37-28(31-18)20-9-13-22(30)14-10-20)26-24(16-36(33-26)23-5-3-2-4-6-23)25-17-35(34-32-25)15-19-7-11-21(29)12-8-19/h2-14,16-17H,15H2,1H3. The first-order valence-electron chi connectivity index (χ1n) is 11.6. The van der Waals surface area contributed by atoms with E-state index in [4.69, 9.17) is 33.3 Å². The van der Waals surface area contributed by atoms with E-state index in [1.807, 2.05) is 108 Å². The van der Waals surface area contributed by atoms with Gasteiger partial charge in [0.15, 0.2) is 0 Å². The van der Waals surface area contributed by atoms with Gasteiger partial charge >= 0.3 is 0 Å². The molecule has 0 fully saturated rings. The Morgan fingerprint density at radius 3 is 2.27 bits per heavy atom. The van der Waals surface area contributed by atoms with Crippen LogP contribution in [0.2, 0.25) is 10.0 Å². The first-order chi connectivity index (χ1) is 18.0. The smallest absolute Gasteiger partial charge is 0.124 e. The summed E-state index contributed by atoms with van der Waals surface area (Å²) in [6, 6.07) is 25.5. The van der Waals surface area contributed by atoms with Crippen LogP contribution in [0.3, 0.4) is 0 Å². The van der Waals surface area contributed by atoms with Crippen molar-refractivity contribution in [2.45, 2.75) is 13.5 Å². The molecule has 0 unspecified atom stereocenters. The fraction of sp³-hybridized carbons (Fsp3) is 0.0714. The van der Waals surface area contributed by atoms with Gasteiger partial charge in [-0.1, -0.05) is 70.9 Å². The SMILES string of the molecule is Cc1nc(-c2ccc(Cl)cc2)sc1-c1nn(-c2ccccc2)cc1-c1cn(Cc2ccc(Cl)cc2)nn1. The molecule has 0 N–H and O–H groups in total. The summed E-state index contributed by atoms with van der Waals surface area (Å²) >= 11 is 13.7. The Hall–Kier alpha value is -3.78. The van der Waals surface area contributed by atoms with E-state index in [2.05, 4.69) is 10.3 Å². The second kappa shape index (κ2) is 9.94. The molecule has 0 aliphatic heterocycles. The summed E-state index contributed by atoms with van der Waals surface area (Å²) in [4.78, 5) is 5.83. The molecule has 9 heteroatoms. The highest BCUT2D eigenvalue weighted by atomic mass is 35.5. The van der Waals surface area contributed by atoms with Gasteiger partial charge in [0.2, 0.25) is 0 Å². The maximum atomic E-state index is 6.09. The quantitative estimate of drug-likeness (QED) is 0.217. The molecule has 0 aliphatic carbocycles. The van der Waals surface area contributed by atoms with Gasteiger partial charge in [-0.05, 0) is 48.9 Å². The third kappa shape index (κ3) is 4.93. The molecule has 6 aromatic rings. The minimum absolute atomic E-state index is 0.590. The number of nitrogens with zero attached hydrogens (tertiary/aromatic N) is 6. The molecule has 182 valence electrons. The Morgan fingerprint density at radius 2 is 1.54 bits per heavy atom. The molecule has 0 saturated carbocycles. The normalized spacial score (nSPS) is 11.2. The van der Waals surface area contributed by atoms with Crippen molar-refractivity contribution < 1.29 is 0 Å². The topological polar surface area (TPSA) is 61.4 Å². The molecule has 0 saturated heterocycles. The minimum Gasteiger partial charge on any atom is -0.247 e. The lowest BCUT2D eigenvalue weighted by atomic mass is 10.1. The fourth-order valence-corrected chi connectivity index (χ4v) is 5.37. The van der Waals surface area contributed by atoms with Gasteiger partial charge in [0.25, 0.3) is 0 Å². The third-order valence-electron chi connectivity index (χ3n) is 5.91. The van der Waals surface area contributed by atoms with Crippen molar-refractivity contribution in [1.82, 2.24) is 29.8 Å². The lowest BCUT2D eigenvalue weighted by Crippen LogP contribution is -1.99. The largest absolute Gasteiger partial charge is 0.247 e. The van der Waals surface area contributed by atoms with Crippen LogP contribution in [0.25, 0.3) is 38.1 Å². The van der Waals surface area contributed by atoms with Gasteiger partial charge in [0, 0.05) is 21.8 Å². The molecule has 3 aromatic carbocycles. The molecule has 0 aliphatic rings. The van der Waals surface area contributed by atoms with Crippen LogP contribution in [0, 0.1) is 6.92 Å². The van der Waals surface area contributed by atoms with Gasteiger partial charge in [-0.3, -0.25) is 0 Å². The summed E-state index contributed by atoms with van der Waals surface area (Å²) in [5, 5.41) is 16.2. The number of hydrogen-bond acceptors (Lipinski definition) is 5.